The Morgan fingerprint density at radius 2 is 1.67 bits per heavy atom. The average molecular weight is 370 g/mol. The van der Waals surface area contributed by atoms with Crippen molar-refractivity contribution >= 4 is 23.3 Å². The third kappa shape index (κ3) is 6.33. The van der Waals surface area contributed by atoms with Crippen LogP contribution < -0.4 is 15.4 Å². The lowest BCUT2D eigenvalue weighted by atomic mass is 10.1. The highest BCUT2D eigenvalue weighted by Gasteiger charge is 2.15. The summed E-state index contributed by atoms with van der Waals surface area (Å²) in [7, 11) is 0. The number of carbonyl (C=O) groups excluding carboxylic acids is 2. The standard InChI is InChI=1S/C21H26N2O4/c1-3-5-14-22-17-11-7-6-10-16(17)21(25)27-15-20(24)23-18-12-8-9-13-19(18)26-4-2/h6-13,22H,3-5,14-15H2,1-2H3,(H,23,24). The van der Waals surface area contributed by atoms with Crippen LogP contribution in [0.4, 0.5) is 11.4 Å². The fourth-order valence-electron chi connectivity index (χ4n) is 2.46. The van der Waals surface area contributed by atoms with Crippen LogP contribution >= 0.6 is 0 Å². The number of para-hydroxylation sites is 3. The molecule has 0 aliphatic rings. The van der Waals surface area contributed by atoms with E-state index in [9.17, 15) is 9.59 Å². The van der Waals surface area contributed by atoms with E-state index >= 15 is 0 Å². The fraction of sp³-hybridized carbons (Fsp3) is 0.333. The summed E-state index contributed by atoms with van der Waals surface area (Å²) in [6, 6.07) is 14.2. The molecule has 2 N–H and O–H groups in total. The first-order chi connectivity index (χ1) is 13.2. The Balaban J connectivity index is 1.93. The Hall–Kier alpha value is -3.02. The van der Waals surface area contributed by atoms with E-state index in [2.05, 4.69) is 17.6 Å². The van der Waals surface area contributed by atoms with Crippen molar-refractivity contribution in [3.05, 3.63) is 54.1 Å². The van der Waals surface area contributed by atoms with Gasteiger partial charge in [-0.2, -0.15) is 0 Å². The van der Waals surface area contributed by atoms with Gasteiger partial charge in [0.25, 0.3) is 5.91 Å². The van der Waals surface area contributed by atoms with Crippen LogP contribution in [0.1, 0.15) is 37.0 Å². The van der Waals surface area contributed by atoms with Crippen LogP contribution in [0.5, 0.6) is 5.75 Å². The number of ether oxygens (including phenoxy) is 2. The van der Waals surface area contributed by atoms with Gasteiger partial charge in [-0.1, -0.05) is 37.6 Å². The summed E-state index contributed by atoms with van der Waals surface area (Å²) in [5.74, 6) is -0.389. The maximum Gasteiger partial charge on any atom is 0.340 e. The first kappa shape index (κ1) is 20.3. The van der Waals surface area contributed by atoms with Crippen LogP contribution in [0.2, 0.25) is 0 Å². The second kappa shape index (κ2) is 10.9. The summed E-state index contributed by atoms with van der Waals surface area (Å²) < 4.78 is 10.6. The van der Waals surface area contributed by atoms with E-state index in [1.807, 2.05) is 25.1 Å². The van der Waals surface area contributed by atoms with Gasteiger partial charge in [-0.25, -0.2) is 4.79 Å². The zero-order chi connectivity index (χ0) is 19.5. The van der Waals surface area contributed by atoms with Gasteiger partial charge in [0.2, 0.25) is 0 Å². The third-order valence-corrected chi connectivity index (χ3v) is 3.79. The number of hydrogen-bond donors (Lipinski definition) is 2. The van der Waals surface area contributed by atoms with Crippen LogP contribution in [-0.4, -0.2) is 31.6 Å². The molecule has 144 valence electrons. The Bertz CT molecular complexity index is 761. The molecule has 2 rings (SSSR count). The first-order valence-electron chi connectivity index (χ1n) is 9.17. The number of nitrogens with one attached hydrogen (secondary N) is 2. The Kier molecular flexibility index (Phi) is 8.16. The zero-order valence-corrected chi connectivity index (χ0v) is 15.8. The number of benzene rings is 2. The van der Waals surface area contributed by atoms with Crippen molar-refractivity contribution in [2.75, 3.05) is 30.4 Å². The molecular weight excluding hydrogens is 344 g/mol. The van der Waals surface area contributed by atoms with Crippen molar-refractivity contribution in [2.24, 2.45) is 0 Å². The third-order valence-electron chi connectivity index (χ3n) is 3.79. The van der Waals surface area contributed by atoms with Crippen molar-refractivity contribution in [1.82, 2.24) is 0 Å². The number of esters is 1. The largest absolute Gasteiger partial charge is 0.492 e. The molecule has 0 aliphatic carbocycles. The molecule has 0 radical (unpaired) electrons. The SMILES string of the molecule is CCCCNc1ccccc1C(=O)OCC(=O)Nc1ccccc1OCC. The second-order valence-corrected chi connectivity index (χ2v) is 5.88. The van der Waals surface area contributed by atoms with Crippen LogP contribution in [0.25, 0.3) is 0 Å². The second-order valence-electron chi connectivity index (χ2n) is 5.88. The van der Waals surface area contributed by atoms with Crippen LogP contribution in [0.15, 0.2) is 48.5 Å². The number of rotatable bonds is 10. The van der Waals surface area contributed by atoms with Gasteiger partial charge >= 0.3 is 5.97 Å². The van der Waals surface area contributed by atoms with Crippen molar-refractivity contribution in [1.29, 1.82) is 0 Å². The van der Waals surface area contributed by atoms with Crippen LogP contribution in [0, 0.1) is 0 Å². The van der Waals surface area contributed by atoms with Gasteiger partial charge < -0.3 is 20.1 Å². The fourth-order valence-corrected chi connectivity index (χ4v) is 2.46. The lowest BCUT2D eigenvalue weighted by Crippen LogP contribution is -2.21. The van der Waals surface area contributed by atoms with E-state index in [1.165, 1.54) is 0 Å². The van der Waals surface area contributed by atoms with E-state index in [-0.39, 0.29) is 6.61 Å². The maximum atomic E-state index is 12.4. The predicted molar refractivity (Wildman–Crippen MR) is 106 cm³/mol. The van der Waals surface area contributed by atoms with Crippen LogP contribution in [-0.2, 0) is 9.53 Å². The highest BCUT2D eigenvalue weighted by Crippen LogP contribution is 2.23. The summed E-state index contributed by atoms with van der Waals surface area (Å²) in [6.45, 7) is 4.86. The van der Waals surface area contributed by atoms with Gasteiger partial charge in [-0.05, 0) is 37.6 Å². The number of carbonyl (C=O) groups is 2. The number of unbranched alkanes of at least 4 members (excludes halogenated alkanes) is 1. The maximum absolute atomic E-state index is 12.4. The summed E-state index contributed by atoms with van der Waals surface area (Å²) in [5, 5.41) is 5.93. The molecule has 6 heteroatoms. The molecule has 0 heterocycles. The minimum atomic E-state index is -0.539. The van der Waals surface area contributed by atoms with E-state index in [4.69, 9.17) is 9.47 Å². The summed E-state index contributed by atoms with van der Waals surface area (Å²) in [6.07, 6.45) is 2.06. The summed E-state index contributed by atoms with van der Waals surface area (Å²) in [5.41, 5.74) is 1.66. The van der Waals surface area contributed by atoms with E-state index in [1.54, 1.807) is 30.3 Å². The lowest BCUT2D eigenvalue weighted by molar-refractivity contribution is -0.119. The first-order valence-corrected chi connectivity index (χ1v) is 9.17. The average Bonchev–Trinajstić information content (AvgIpc) is 2.68. The number of hydrogen-bond acceptors (Lipinski definition) is 5. The molecule has 2 aromatic carbocycles. The quantitative estimate of drug-likeness (QED) is 0.486. The minimum Gasteiger partial charge on any atom is -0.492 e. The van der Waals surface area contributed by atoms with Gasteiger partial charge in [-0.3, -0.25) is 4.79 Å². The lowest BCUT2D eigenvalue weighted by Gasteiger charge is -2.13. The molecule has 6 nitrogen and oxygen atoms in total. The molecule has 27 heavy (non-hydrogen) atoms. The highest BCUT2D eigenvalue weighted by molar-refractivity contribution is 5.98. The zero-order valence-electron chi connectivity index (χ0n) is 15.8. The topological polar surface area (TPSA) is 76.7 Å². The van der Waals surface area contributed by atoms with Crippen molar-refractivity contribution in [2.45, 2.75) is 26.7 Å². The molecule has 0 saturated heterocycles. The van der Waals surface area contributed by atoms with Crippen molar-refractivity contribution < 1.29 is 19.1 Å². The molecule has 0 atom stereocenters. The van der Waals surface area contributed by atoms with E-state index in [0.29, 0.717) is 29.3 Å². The molecule has 0 unspecified atom stereocenters. The molecule has 0 aromatic heterocycles. The van der Waals surface area contributed by atoms with Gasteiger partial charge in [0.05, 0.1) is 17.9 Å². The van der Waals surface area contributed by atoms with E-state index < -0.39 is 11.9 Å². The molecule has 1 amide bonds. The monoisotopic (exact) mass is 370 g/mol. The Morgan fingerprint density at radius 3 is 2.41 bits per heavy atom. The van der Waals surface area contributed by atoms with Gasteiger partial charge in [0, 0.05) is 12.2 Å². The smallest absolute Gasteiger partial charge is 0.340 e. The molecule has 0 fully saturated rings. The Morgan fingerprint density at radius 1 is 0.963 bits per heavy atom. The number of anilines is 2. The van der Waals surface area contributed by atoms with Gasteiger partial charge in [0.15, 0.2) is 6.61 Å². The summed E-state index contributed by atoms with van der Waals surface area (Å²) in [4.78, 5) is 24.5. The van der Waals surface area contributed by atoms with Crippen molar-refractivity contribution in [3.63, 3.8) is 0 Å². The number of amides is 1. The predicted octanol–water partition coefficient (Wildman–Crippen LogP) is 4.09. The van der Waals surface area contributed by atoms with Gasteiger partial charge in [-0.15, -0.1) is 0 Å². The molecule has 0 spiro atoms. The van der Waals surface area contributed by atoms with Crippen LogP contribution in [0.3, 0.4) is 0 Å². The molecule has 0 saturated carbocycles. The highest BCUT2D eigenvalue weighted by atomic mass is 16.5. The Labute approximate surface area is 159 Å². The summed E-state index contributed by atoms with van der Waals surface area (Å²) >= 11 is 0. The molecular formula is C21H26N2O4. The van der Waals surface area contributed by atoms with Gasteiger partial charge in [0.1, 0.15) is 5.75 Å². The minimum absolute atomic E-state index is 0.372. The molecule has 2 aromatic rings. The molecule has 0 aliphatic heterocycles. The molecule has 0 bridgehead atoms. The van der Waals surface area contributed by atoms with Crippen molar-refractivity contribution in [3.8, 4) is 5.75 Å². The van der Waals surface area contributed by atoms with E-state index in [0.717, 1.165) is 19.4 Å². The normalized spacial score (nSPS) is 10.1.